The van der Waals surface area contributed by atoms with Crippen molar-refractivity contribution in [2.75, 3.05) is 92.5 Å². The van der Waals surface area contributed by atoms with Gasteiger partial charge in [0.2, 0.25) is 33.6 Å². The number of hydrogen-bond acceptors (Lipinski definition) is 28. The van der Waals surface area contributed by atoms with Crippen molar-refractivity contribution in [1.29, 1.82) is 0 Å². The number of alkyl carbamates (subject to hydrolysis) is 4. The Bertz CT molecular complexity index is 4100. The zero-order valence-corrected chi connectivity index (χ0v) is 69.1. The number of amides is 6. The molecule has 38 heteroatoms. The molecule has 4 fully saturated rings. The Labute approximate surface area is 670 Å². The molecule has 6 heterocycles. The van der Waals surface area contributed by atoms with Crippen molar-refractivity contribution in [3.63, 3.8) is 0 Å². The number of phenols is 1. The lowest BCUT2D eigenvalue weighted by atomic mass is 10.0. The zero-order valence-electron chi connectivity index (χ0n) is 67.4. The van der Waals surface area contributed by atoms with Gasteiger partial charge in [0.1, 0.15) is 47.1 Å². The van der Waals surface area contributed by atoms with Crippen LogP contribution < -0.4 is 45.0 Å². The first-order valence-electron chi connectivity index (χ1n) is 37.8. The van der Waals surface area contributed by atoms with Crippen LogP contribution in [-0.4, -0.2) is 241 Å². The van der Waals surface area contributed by atoms with Crippen LogP contribution in [-0.2, 0) is 80.3 Å². The van der Waals surface area contributed by atoms with Crippen LogP contribution in [0.25, 0.3) is 0 Å². The Morgan fingerprint density at radius 1 is 0.530 bits per heavy atom. The van der Waals surface area contributed by atoms with Crippen molar-refractivity contribution in [3.8, 4) is 34.5 Å². The molecule has 6 aliphatic heterocycles. The van der Waals surface area contributed by atoms with Gasteiger partial charge in [0.05, 0.1) is 85.5 Å². The monoisotopic (exact) mass is 1660 g/mol. The highest BCUT2D eigenvalue weighted by Gasteiger charge is 2.46. The quantitative estimate of drug-likeness (QED) is 0.0151. The molecule has 4 saturated heterocycles. The third-order valence-electron chi connectivity index (χ3n) is 17.2. The zero-order chi connectivity index (χ0) is 84.6. The van der Waals surface area contributed by atoms with Gasteiger partial charge in [-0.15, -0.1) is 5.11 Å². The number of rotatable bonds is 28. The van der Waals surface area contributed by atoms with Crippen molar-refractivity contribution in [1.82, 2.24) is 29.9 Å². The van der Waals surface area contributed by atoms with Gasteiger partial charge in [-0.2, -0.15) is 8.61 Å². The molecule has 0 unspecified atom stereocenters. The number of benzene rings is 4. The lowest BCUT2D eigenvalue weighted by Gasteiger charge is -2.31. The largest absolute Gasteiger partial charge is 0.508 e. The van der Waals surface area contributed by atoms with Crippen LogP contribution in [0.2, 0.25) is 0 Å². The maximum atomic E-state index is 13.9. The predicted octanol–water partition coefficient (Wildman–Crippen LogP) is 8.08. The molecule has 0 bridgehead atoms. The van der Waals surface area contributed by atoms with Crippen LogP contribution in [0.1, 0.15) is 121 Å². The third-order valence-corrected chi connectivity index (χ3v) is 20.8. The molecule has 0 radical (unpaired) electrons. The Morgan fingerprint density at radius 3 is 1.34 bits per heavy atom. The maximum absolute atomic E-state index is 13.9. The van der Waals surface area contributed by atoms with E-state index in [1.807, 2.05) is 27.7 Å². The van der Waals surface area contributed by atoms with Crippen LogP contribution in [0.3, 0.4) is 0 Å². The average molecular weight is 1660 g/mol. The van der Waals surface area contributed by atoms with Crippen LogP contribution in [0, 0.1) is 23.7 Å². The number of aliphatic hydroxyl groups excluding tert-OH is 3. The van der Waals surface area contributed by atoms with Crippen LogP contribution in [0.4, 0.5) is 24.0 Å². The van der Waals surface area contributed by atoms with Gasteiger partial charge in [-0.3, -0.25) is 4.79 Å². The van der Waals surface area contributed by atoms with Gasteiger partial charge in [-0.25, -0.2) is 40.8 Å². The molecule has 0 spiro atoms. The van der Waals surface area contributed by atoms with Crippen molar-refractivity contribution in [2.24, 2.45) is 33.9 Å². The van der Waals surface area contributed by atoms with Crippen molar-refractivity contribution in [3.05, 3.63) is 96.1 Å². The highest BCUT2D eigenvalue weighted by Crippen LogP contribution is 2.38. The summed E-state index contributed by atoms with van der Waals surface area (Å²) in [6.45, 7) is 26.2. The summed E-state index contributed by atoms with van der Waals surface area (Å²) in [5.74, 6) is 1.37. The van der Waals surface area contributed by atoms with E-state index >= 15 is 0 Å². The SMILES string of the molecule is CC(=O)N=NC(=O)OC(C)(C)C.CC(C)(C)OC(=O)NCCO.CC(C)CN(C[C@@H](O)[C@H](Cc1ccc(O)cc1)NC(=O)O[C@@H]1CO[C@H]2OCC[C@H]21)S(=O)(=O)c1ccc2c(c1)OCO2.CC(C)CN(C[C@@H](O)[C@H](Cc1ccc(OCCNC(=O)OC(C)(C)C)cc1)NC(=O)O[C@@H]1CO[C@H]2OCC[C@H]21)S(=O)(=O)c1ccc2c(c1)OCO2. The lowest BCUT2D eigenvalue weighted by Crippen LogP contribution is -2.51. The molecule has 10 atom stereocenters. The molecule has 4 aromatic carbocycles. The fourth-order valence-corrected chi connectivity index (χ4v) is 15.3. The summed E-state index contributed by atoms with van der Waals surface area (Å²) in [4.78, 5) is 69.9. The molecule has 0 aliphatic carbocycles. The molecule has 8 N–H and O–H groups in total. The predicted molar refractivity (Wildman–Crippen MR) is 411 cm³/mol. The number of hydrogen-bond donors (Lipinski definition) is 8. The minimum atomic E-state index is -4.09. The Hall–Kier alpha value is -8.96. The van der Waals surface area contributed by atoms with Crippen LogP contribution in [0.5, 0.6) is 34.5 Å². The molecular weight excluding hydrogens is 1550 g/mol. The van der Waals surface area contributed by atoms with Gasteiger partial charge in [-0.1, -0.05) is 57.1 Å². The first-order valence-corrected chi connectivity index (χ1v) is 40.7. The summed E-state index contributed by atoms with van der Waals surface area (Å²) in [5.41, 5.74) is -0.229. The standard InChI is InChI=1S/C35H49N3O12S.C28H36N2O10S.C7H12N2O3.C7H15NO3/c1-22(2)18-38(51(42,43)25-10-11-29-30(17-25)48-21-47-29)19-28(39)27(37-34(41)49-31-20-46-32-26(31)12-14-45-32)16-23-6-8-24(9-7-23)44-15-13-36-33(40)50-35(3,4)5;1-17(2)13-30(41(34,35)20-7-8-24-25(12-20)39-16-38-24)14-23(32)22(11-18-3-5-19(31)6-4-18)29-28(33)40-26-15-37-27-21(26)9-10-36-27;1-5(10)8-9-6(11)12-7(2,3)4;1-7(2,3)11-6(10)8-4-5-9/h6-11,17,22,26-28,31-32,39H,12-16,18-21H2,1-5H3,(H,36,40)(H,37,41);3-8,12,17,21-23,26-27,31-32H,9-11,13-16H2,1-2H3,(H,29,33);1-4H3;9H,4-5H2,1-3H3,(H,8,10)/t26-,27-,28+,31+,32+;21-,22-,23+,26+,27+;;/m00../s1. The second-order valence-corrected chi connectivity index (χ2v) is 35.3. The van der Waals surface area contributed by atoms with E-state index in [9.17, 15) is 60.9 Å². The van der Waals surface area contributed by atoms with E-state index in [1.165, 1.54) is 64.1 Å². The second kappa shape index (κ2) is 42.8. The van der Waals surface area contributed by atoms with Crippen LogP contribution in [0.15, 0.2) is 105 Å². The Morgan fingerprint density at radius 2 is 0.939 bits per heavy atom. The summed E-state index contributed by atoms with van der Waals surface area (Å²) < 4.78 is 133. The maximum Gasteiger partial charge on any atom is 0.453 e. The summed E-state index contributed by atoms with van der Waals surface area (Å²) >= 11 is 0. The molecule has 36 nitrogen and oxygen atoms in total. The topological polar surface area (TPSA) is 460 Å². The van der Waals surface area contributed by atoms with Gasteiger partial charge in [0.15, 0.2) is 35.6 Å². The van der Waals surface area contributed by atoms with E-state index in [2.05, 4.69) is 31.5 Å². The Balaban J connectivity index is 0.000000253. The summed E-state index contributed by atoms with van der Waals surface area (Å²) in [5, 5.41) is 57.7. The van der Waals surface area contributed by atoms with Gasteiger partial charge < -0.3 is 108 Å². The van der Waals surface area contributed by atoms with Crippen molar-refractivity contribution in [2.45, 2.75) is 198 Å². The first kappa shape index (κ1) is 93.2. The summed E-state index contributed by atoms with van der Waals surface area (Å²) in [7, 11) is -8.15. The number of sulfonamides is 2. The van der Waals surface area contributed by atoms with Crippen molar-refractivity contribution >= 4 is 56.4 Å². The number of nitrogens with one attached hydrogen (secondary N) is 4. The van der Waals surface area contributed by atoms with E-state index in [4.69, 9.17) is 71.4 Å². The number of fused-ring (bicyclic) bond motifs is 4. The lowest BCUT2D eigenvalue weighted by molar-refractivity contribution is -0.116. The Kier molecular flexibility index (Phi) is 34.7. The fourth-order valence-electron chi connectivity index (χ4n) is 12.1. The number of carbonyl (C=O) groups is 6. The number of nitrogens with zero attached hydrogens (tertiary/aromatic N) is 4. The molecule has 115 heavy (non-hydrogen) atoms. The first-order chi connectivity index (χ1) is 54.0. The summed E-state index contributed by atoms with van der Waals surface area (Å²) in [6.07, 6.45) is -6.12. The number of azo groups is 1. The third kappa shape index (κ3) is 30.9. The van der Waals surface area contributed by atoms with Gasteiger partial charge in [0, 0.05) is 51.8 Å². The van der Waals surface area contributed by atoms with Gasteiger partial charge in [-0.05, 0) is 159 Å². The van der Waals surface area contributed by atoms with E-state index in [0.717, 1.165) is 11.1 Å². The number of carbonyl (C=O) groups excluding carboxylic acids is 6. The fraction of sp³-hybridized carbons (Fsp3) is 0.610. The van der Waals surface area contributed by atoms with E-state index in [1.54, 1.807) is 98.7 Å². The molecule has 6 aliphatic rings. The minimum absolute atomic E-state index is 0.00345. The number of aromatic hydroxyl groups is 1. The van der Waals surface area contributed by atoms with E-state index < -0.39 is 122 Å². The molecule has 0 aromatic heterocycles. The number of ether oxygens (including phenoxy) is 14. The highest BCUT2D eigenvalue weighted by molar-refractivity contribution is 7.89. The van der Waals surface area contributed by atoms with E-state index in [-0.39, 0.29) is 131 Å². The molecule has 4 aromatic rings. The molecule has 640 valence electrons. The van der Waals surface area contributed by atoms with Gasteiger partial charge in [0.25, 0.3) is 5.91 Å². The molecular formula is C77H112N8O28S2. The normalized spacial score (nSPS) is 19.7. The van der Waals surface area contributed by atoms with Crippen LogP contribution >= 0.6 is 0 Å². The minimum Gasteiger partial charge on any atom is -0.508 e. The number of aliphatic hydroxyl groups is 3. The average Bonchev–Trinajstić information content (AvgIpc) is 1.56. The highest BCUT2D eigenvalue weighted by atomic mass is 32.2. The smallest absolute Gasteiger partial charge is 0.453 e. The van der Waals surface area contributed by atoms with E-state index in [0.29, 0.717) is 54.8 Å². The molecule has 10 rings (SSSR count). The molecule has 6 amide bonds. The van der Waals surface area contributed by atoms with Gasteiger partial charge >= 0.3 is 30.5 Å². The molecule has 0 saturated carbocycles. The summed E-state index contributed by atoms with van der Waals surface area (Å²) in [6, 6.07) is 20.3. The van der Waals surface area contributed by atoms with Crippen molar-refractivity contribution < 1.29 is 132 Å². The second-order valence-electron chi connectivity index (χ2n) is 31.4. The number of phenolic OH excluding ortho intramolecular Hbond substituents is 1.